The Balaban J connectivity index is 2.27. The fraction of sp³-hybridized carbons (Fsp3) is 0.118. The van der Waals surface area contributed by atoms with Crippen molar-refractivity contribution < 1.29 is 14.6 Å². The molecule has 0 aliphatic rings. The van der Waals surface area contributed by atoms with Gasteiger partial charge in [0, 0.05) is 5.56 Å². The number of methoxy groups -OCH3 is 1. The molecule has 2 aromatic rings. The third-order valence-electron chi connectivity index (χ3n) is 2.95. The summed E-state index contributed by atoms with van der Waals surface area (Å²) in [6.07, 6.45) is 3.67. The summed E-state index contributed by atoms with van der Waals surface area (Å²) in [7, 11) is 1.36. The lowest BCUT2D eigenvalue weighted by Gasteiger charge is -2.02. The predicted octanol–water partition coefficient (Wildman–Crippen LogP) is 3.66. The Morgan fingerprint density at radius 3 is 2.70 bits per heavy atom. The van der Waals surface area contributed by atoms with Crippen LogP contribution < -0.4 is 0 Å². The molecule has 2 rings (SSSR count). The predicted molar refractivity (Wildman–Crippen MR) is 79.6 cm³/mol. The molecular weight excluding hydrogens is 252 g/mol. The molecule has 0 unspecified atom stereocenters. The number of rotatable bonds is 3. The van der Waals surface area contributed by atoms with E-state index in [1.54, 1.807) is 24.3 Å². The smallest absolute Gasteiger partial charge is 0.337 e. The van der Waals surface area contributed by atoms with Crippen molar-refractivity contribution in [3.8, 4) is 5.75 Å². The zero-order valence-corrected chi connectivity index (χ0v) is 11.5. The number of benzene rings is 2. The SMILES string of the molecule is COC(=O)c1cccc(/C=C/c2cc(C)ccc2O)c1. The van der Waals surface area contributed by atoms with Crippen LogP contribution in [0.2, 0.25) is 0 Å². The minimum atomic E-state index is -0.362. The van der Waals surface area contributed by atoms with E-state index < -0.39 is 0 Å². The molecule has 1 N–H and O–H groups in total. The van der Waals surface area contributed by atoms with Crippen LogP contribution in [0.5, 0.6) is 5.75 Å². The summed E-state index contributed by atoms with van der Waals surface area (Å²) in [6.45, 7) is 1.97. The Morgan fingerprint density at radius 1 is 1.15 bits per heavy atom. The second-order valence-electron chi connectivity index (χ2n) is 4.51. The van der Waals surface area contributed by atoms with Crippen LogP contribution in [0.25, 0.3) is 12.2 Å². The Kier molecular flexibility index (Phi) is 4.20. The van der Waals surface area contributed by atoms with E-state index in [1.807, 2.05) is 37.3 Å². The summed E-state index contributed by atoms with van der Waals surface area (Å²) in [6, 6.07) is 12.5. The molecule has 102 valence electrons. The highest BCUT2D eigenvalue weighted by molar-refractivity contribution is 5.90. The Bertz CT molecular complexity index is 657. The van der Waals surface area contributed by atoms with Crippen molar-refractivity contribution >= 4 is 18.1 Å². The third-order valence-corrected chi connectivity index (χ3v) is 2.95. The fourth-order valence-electron chi connectivity index (χ4n) is 1.88. The van der Waals surface area contributed by atoms with E-state index in [2.05, 4.69) is 4.74 Å². The molecule has 0 spiro atoms. The Hall–Kier alpha value is -2.55. The van der Waals surface area contributed by atoms with E-state index in [0.717, 1.165) is 16.7 Å². The lowest BCUT2D eigenvalue weighted by molar-refractivity contribution is 0.0600. The average Bonchev–Trinajstić information content (AvgIpc) is 2.47. The van der Waals surface area contributed by atoms with Crippen molar-refractivity contribution in [3.05, 3.63) is 64.7 Å². The first kappa shape index (κ1) is 13.9. The molecule has 3 nitrogen and oxygen atoms in total. The number of aromatic hydroxyl groups is 1. The molecule has 0 aromatic heterocycles. The zero-order chi connectivity index (χ0) is 14.5. The van der Waals surface area contributed by atoms with Gasteiger partial charge in [0.05, 0.1) is 12.7 Å². The maximum absolute atomic E-state index is 11.5. The van der Waals surface area contributed by atoms with Crippen molar-refractivity contribution in [2.45, 2.75) is 6.92 Å². The number of carbonyl (C=O) groups is 1. The summed E-state index contributed by atoms with van der Waals surface area (Å²) < 4.78 is 4.69. The van der Waals surface area contributed by atoms with Gasteiger partial charge in [0.25, 0.3) is 0 Å². The number of ether oxygens (including phenoxy) is 1. The molecule has 0 fully saturated rings. The van der Waals surface area contributed by atoms with Gasteiger partial charge in [-0.15, -0.1) is 0 Å². The van der Waals surface area contributed by atoms with Gasteiger partial charge in [0.2, 0.25) is 0 Å². The standard InChI is InChI=1S/C17H16O3/c1-12-6-9-16(18)14(10-12)8-7-13-4-3-5-15(11-13)17(19)20-2/h3-11,18H,1-2H3/b8-7+. The zero-order valence-electron chi connectivity index (χ0n) is 11.5. The minimum Gasteiger partial charge on any atom is -0.507 e. The van der Waals surface area contributed by atoms with Crippen LogP contribution in [-0.4, -0.2) is 18.2 Å². The average molecular weight is 268 g/mol. The van der Waals surface area contributed by atoms with Gasteiger partial charge in [0.1, 0.15) is 5.75 Å². The first-order valence-corrected chi connectivity index (χ1v) is 6.26. The fourth-order valence-corrected chi connectivity index (χ4v) is 1.88. The highest BCUT2D eigenvalue weighted by Crippen LogP contribution is 2.21. The van der Waals surface area contributed by atoms with Gasteiger partial charge in [-0.05, 0) is 36.8 Å². The van der Waals surface area contributed by atoms with Crippen LogP contribution >= 0.6 is 0 Å². The van der Waals surface area contributed by atoms with Gasteiger partial charge in [-0.1, -0.05) is 35.9 Å². The van der Waals surface area contributed by atoms with Crippen molar-refractivity contribution in [2.24, 2.45) is 0 Å². The van der Waals surface area contributed by atoms with Crippen LogP contribution in [0, 0.1) is 6.92 Å². The Morgan fingerprint density at radius 2 is 1.95 bits per heavy atom. The van der Waals surface area contributed by atoms with Crippen LogP contribution in [0.4, 0.5) is 0 Å². The molecule has 0 amide bonds. The minimum absolute atomic E-state index is 0.232. The first-order chi connectivity index (χ1) is 9.60. The van der Waals surface area contributed by atoms with Gasteiger partial charge in [-0.3, -0.25) is 0 Å². The van der Waals surface area contributed by atoms with Gasteiger partial charge >= 0.3 is 5.97 Å². The third kappa shape index (κ3) is 3.26. The van der Waals surface area contributed by atoms with Gasteiger partial charge in [-0.25, -0.2) is 4.79 Å². The molecule has 20 heavy (non-hydrogen) atoms. The highest BCUT2D eigenvalue weighted by atomic mass is 16.5. The normalized spacial score (nSPS) is 10.7. The van der Waals surface area contributed by atoms with E-state index in [0.29, 0.717) is 5.56 Å². The lowest BCUT2D eigenvalue weighted by atomic mass is 10.1. The molecule has 0 aliphatic carbocycles. The highest BCUT2D eigenvalue weighted by Gasteiger charge is 2.04. The van der Waals surface area contributed by atoms with Crippen LogP contribution in [-0.2, 0) is 4.74 Å². The molecule has 0 saturated carbocycles. The molecule has 0 saturated heterocycles. The quantitative estimate of drug-likeness (QED) is 0.682. The van der Waals surface area contributed by atoms with Gasteiger partial charge in [-0.2, -0.15) is 0 Å². The van der Waals surface area contributed by atoms with Crippen LogP contribution in [0.1, 0.15) is 27.0 Å². The second kappa shape index (κ2) is 6.06. The lowest BCUT2D eigenvalue weighted by Crippen LogP contribution is -2.00. The second-order valence-corrected chi connectivity index (χ2v) is 4.51. The van der Waals surface area contributed by atoms with Crippen molar-refractivity contribution in [1.29, 1.82) is 0 Å². The number of aryl methyl sites for hydroxylation is 1. The van der Waals surface area contributed by atoms with E-state index in [-0.39, 0.29) is 11.7 Å². The maximum atomic E-state index is 11.5. The number of carbonyl (C=O) groups excluding carboxylic acids is 1. The maximum Gasteiger partial charge on any atom is 0.337 e. The number of phenols is 1. The largest absolute Gasteiger partial charge is 0.507 e. The van der Waals surface area contributed by atoms with Crippen LogP contribution in [0.15, 0.2) is 42.5 Å². The number of esters is 1. The van der Waals surface area contributed by atoms with E-state index in [9.17, 15) is 9.90 Å². The van der Waals surface area contributed by atoms with Gasteiger partial charge in [0.15, 0.2) is 0 Å². The summed E-state index contributed by atoms with van der Waals surface area (Å²) in [4.78, 5) is 11.5. The van der Waals surface area contributed by atoms with Gasteiger partial charge < -0.3 is 9.84 Å². The van der Waals surface area contributed by atoms with E-state index >= 15 is 0 Å². The summed E-state index contributed by atoms with van der Waals surface area (Å²) >= 11 is 0. The molecule has 0 aliphatic heterocycles. The molecular formula is C17H16O3. The molecule has 2 aromatic carbocycles. The Labute approximate surface area is 118 Å². The summed E-state index contributed by atoms with van der Waals surface area (Å²) in [5.41, 5.74) is 3.19. The molecule has 0 radical (unpaired) electrons. The number of phenolic OH excluding ortho intramolecular Hbond substituents is 1. The molecule has 3 heteroatoms. The number of hydrogen-bond acceptors (Lipinski definition) is 3. The monoisotopic (exact) mass is 268 g/mol. The van der Waals surface area contributed by atoms with Crippen molar-refractivity contribution in [1.82, 2.24) is 0 Å². The van der Waals surface area contributed by atoms with Crippen molar-refractivity contribution in [2.75, 3.05) is 7.11 Å². The first-order valence-electron chi connectivity index (χ1n) is 6.26. The van der Waals surface area contributed by atoms with E-state index in [4.69, 9.17) is 0 Å². The molecule has 0 atom stereocenters. The summed E-state index contributed by atoms with van der Waals surface area (Å²) in [5.74, 6) is -0.130. The topological polar surface area (TPSA) is 46.5 Å². The summed E-state index contributed by atoms with van der Waals surface area (Å²) in [5, 5.41) is 9.77. The van der Waals surface area contributed by atoms with E-state index in [1.165, 1.54) is 7.11 Å². The number of hydrogen-bond donors (Lipinski definition) is 1. The van der Waals surface area contributed by atoms with Crippen molar-refractivity contribution in [3.63, 3.8) is 0 Å². The molecule has 0 heterocycles. The van der Waals surface area contributed by atoms with Crippen LogP contribution in [0.3, 0.4) is 0 Å². The molecule has 0 bridgehead atoms.